The predicted octanol–water partition coefficient (Wildman–Crippen LogP) is 4.11. The van der Waals surface area contributed by atoms with Gasteiger partial charge in [0.1, 0.15) is 6.10 Å². The summed E-state index contributed by atoms with van der Waals surface area (Å²) in [6.07, 6.45) is 7.45. The molecule has 0 amide bonds. The molecule has 2 aliphatic rings. The fourth-order valence-corrected chi connectivity index (χ4v) is 7.78. The third kappa shape index (κ3) is 6.62. The number of rotatable bonds is 8. The van der Waals surface area contributed by atoms with Crippen molar-refractivity contribution in [3.63, 3.8) is 0 Å². The maximum Gasteiger partial charge on any atom is 0.274 e. The minimum absolute atomic E-state index is 0.0183. The van der Waals surface area contributed by atoms with Gasteiger partial charge in [0.25, 0.3) is 5.19 Å². The quantitative estimate of drug-likeness (QED) is 0.439. The SMILES string of the molecule is Cc1cnc(N2CCC(Oc3nc4ccc(C5CCN(S(=O)(=O)CCC(C)(C)O)CC5)cc4s3)CC2)nc1. The van der Waals surface area contributed by atoms with Crippen LogP contribution in [0, 0.1) is 6.92 Å². The van der Waals surface area contributed by atoms with Crippen molar-refractivity contribution in [1.82, 2.24) is 19.3 Å². The van der Waals surface area contributed by atoms with E-state index in [1.54, 1.807) is 29.5 Å². The van der Waals surface area contributed by atoms with Crippen molar-refractivity contribution in [1.29, 1.82) is 0 Å². The minimum Gasteiger partial charge on any atom is -0.467 e. The topological polar surface area (TPSA) is 109 Å². The van der Waals surface area contributed by atoms with E-state index in [9.17, 15) is 13.5 Å². The molecule has 2 fully saturated rings. The first-order chi connectivity index (χ1) is 18.1. The summed E-state index contributed by atoms with van der Waals surface area (Å²) in [5.41, 5.74) is 2.24. The fourth-order valence-electron chi connectivity index (χ4n) is 5.06. The molecule has 4 heterocycles. The van der Waals surface area contributed by atoms with Gasteiger partial charge in [-0.15, -0.1) is 0 Å². The van der Waals surface area contributed by atoms with Crippen LogP contribution < -0.4 is 9.64 Å². The van der Waals surface area contributed by atoms with Crippen molar-refractivity contribution < 1.29 is 18.3 Å². The highest BCUT2D eigenvalue weighted by atomic mass is 32.2. The average Bonchev–Trinajstić information content (AvgIpc) is 3.30. The van der Waals surface area contributed by atoms with E-state index in [2.05, 4.69) is 33.1 Å². The van der Waals surface area contributed by atoms with Gasteiger partial charge in [-0.2, -0.15) is 0 Å². The number of sulfonamides is 1. The number of fused-ring (bicyclic) bond motifs is 1. The van der Waals surface area contributed by atoms with E-state index in [1.807, 2.05) is 19.3 Å². The van der Waals surface area contributed by atoms with Crippen molar-refractivity contribution in [3.05, 3.63) is 41.7 Å². The highest BCUT2D eigenvalue weighted by Crippen LogP contribution is 2.35. The monoisotopic (exact) mass is 559 g/mol. The number of aryl methyl sites for hydroxylation is 1. The number of hydrogen-bond donors (Lipinski definition) is 1. The molecular weight excluding hydrogens is 522 g/mol. The third-order valence-corrected chi connectivity index (χ3v) is 10.2. The summed E-state index contributed by atoms with van der Waals surface area (Å²) in [5.74, 6) is 1.08. The average molecular weight is 560 g/mol. The Morgan fingerprint density at radius 3 is 2.42 bits per heavy atom. The molecule has 0 spiro atoms. The highest BCUT2D eigenvalue weighted by molar-refractivity contribution is 7.89. The molecule has 38 heavy (non-hydrogen) atoms. The van der Waals surface area contributed by atoms with Crippen LogP contribution in [0.1, 0.15) is 63.0 Å². The number of nitrogens with zero attached hydrogens (tertiary/aromatic N) is 5. The normalized spacial score (nSPS) is 18.8. The molecule has 5 rings (SSSR count). The molecule has 0 radical (unpaired) electrons. The van der Waals surface area contributed by atoms with Crippen molar-refractivity contribution >= 4 is 37.5 Å². The van der Waals surface area contributed by atoms with Gasteiger partial charge in [0, 0.05) is 51.4 Å². The Morgan fingerprint density at radius 1 is 1.08 bits per heavy atom. The zero-order valence-electron chi connectivity index (χ0n) is 22.3. The number of anilines is 1. The summed E-state index contributed by atoms with van der Waals surface area (Å²) < 4.78 is 34.4. The Labute approximate surface area is 228 Å². The Bertz CT molecular complexity index is 1340. The van der Waals surface area contributed by atoms with E-state index in [0.717, 1.165) is 60.5 Å². The van der Waals surface area contributed by atoms with Crippen LogP contribution in [0.25, 0.3) is 10.2 Å². The van der Waals surface area contributed by atoms with Crippen LogP contribution in [-0.2, 0) is 10.0 Å². The molecular formula is C27H37N5O4S2. The molecule has 2 aliphatic heterocycles. The Kier molecular flexibility index (Phi) is 7.91. The van der Waals surface area contributed by atoms with Gasteiger partial charge in [-0.3, -0.25) is 0 Å². The van der Waals surface area contributed by atoms with Crippen molar-refractivity contribution in [2.24, 2.45) is 0 Å². The lowest BCUT2D eigenvalue weighted by Crippen LogP contribution is -2.40. The molecule has 9 nitrogen and oxygen atoms in total. The Balaban J connectivity index is 1.15. The number of benzene rings is 1. The predicted molar refractivity (Wildman–Crippen MR) is 151 cm³/mol. The second kappa shape index (κ2) is 11.0. The van der Waals surface area contributed by atoms with Crippen molar-refractivity contribution in [2.75, 3.05) is 36.8 Å². The highest BCUT2D eigenvalue weighted by Gasteiger charge is 2.30. The number of aromatic nitrogens is 3. The molecule has 1 aromatic carbocycles. The van der Waals surface area contributed by atoms with Gasteiger partial charge in [-0.05, 0) is 69.2 Å². The number of thiazole rings is 1. The largest absolute Gasteiger partial charge is 0.467 e. The molecule has 2 saturated heterocycles. The number of piperidine rings is 2. The van der Waals surface area contributed by atoms with E-state index in [1.165, 1.54) is 5.56 Å². The summed E-state index contributed by atoms with van der Waals surface area (Å²) in [4.78, 5) is 15.8. The fraction of sp³-hybridized carbons (Fsp3) is 0.593. The summed E-state index contributed by atoms with van der Waals surface area (Å²) >= 11 is 1.58. The zero-order valence-corrected chi connectivity index (χ0v) is 24.0. The van der Waals surface area contributed by atoms with Crippen molar-refractivity contribution in [2.45, 2.75) is 70.5 Å². The first-order valence-corrected chi connectivity index (χ1v) is 15.8. The number of ether oxygens (including phenoxy) is 1. The summed E-state index contributed by atoms with van der Waals surface area (Å²) in [7, 11) is -3.35. The second-order valence-electron chi connectivity index (χ2n) is 11.1. The van der Waals surface area contributed by atoms with Crippen LogP contribution in [0.2, 0.25) is 0 Å². The molecule has 3 aromatic rings. The third-order valence-electron chi connectivity index (χ3n) is 7.44. The van der Waals surface area contributed by atoms with Crippen LogP contribution in [0.4, 0.5) is 5.95 Å². The van der Waals surface area contributed by atoms with E-state index < -0.39 is 15.6 Å². The molecule has 0 unspecified atom stereocenters. The van der Waals surface area contributed by atoms with Crippen LogP contribution in [0.3, 0.4) is 0 Å². The molecule has 0 saturated carbocycles. The van der Waals surface area contributed by atoms with E-state index in [0.29, 0.717) is 24.2 Å². The van der Waals surface area contributed by atoms with Crippen LogP contribution in [-0.4, -0.2) is 76.4 Å². The van der Waals surface area contributed by atoms with Gasteiger partial charge in [0.15, 0.2) is 0 Å². The molecule has 0 aliphatic carbocycles. The van der Waals surface area contributed by atoms with Gasteiger partial charge in [-0.1, -0.05) is 17.4 Å². The summed E-state index contributed by atoms with van der Waals surface area (Å²) in [6.45, 7) is 8.02. The molecule has 1 N–H and O–H groups in total. The maximum atomic E-state index is 12.7. The molecule has 11 heteroatoms. The molecule has 0 atom stereocenters. The summed E-state index contributed by atoms with van der Waals surface area (Å²) in [5, 5.41) is 10.6. The zero-order chi connectivity index (χ0) is 26.9. The van der Waals surface area contributed by atoms with Crippen LogP contribution in [0.15, 0.2) is 30.6 Å². The molecule has 0 bridgehead atoms. The van der Waals surface area contributed by atoms with Gasteiger partial charge >= 0.3 is 0 Å². The van der Waals surface area contributed by atoms with Crippen LogP contribution in [0.5, 0.6) is 5.19 Å². The Hall–Kier alpha value is -2.34. The standard InChI is InChI=1S/C27H37N5O4S2/c1-19-17-28-25(29-18-19)31-11-8-22(9-12-31)36-26-30-23-5-4-21(16-24(23)37-26)20-6-13-32(14-7-20)38(34,35)15-10-27(2,3)33/h4-5,16-18,20,22,33H,6-15H2,1-3H3. The van der Waals surface area contributed by atoms with Gasteiger partial charge in [0.05, 0.1) is 21.6 Å². The second-order valence-corrected chi connectivity index (χ2v) is 14.2. The van der Waals surface area contributed by atoms with Gasteiger partial charge in [0.2, 0.25) is 16.0 Å². The minimum atomic E-state index is -3.35. The first kappa shape index (κ1) is 27.2. The van der Waals surface area contributed by atoms with Gasteiger partial charge in [-0.25, -0.2) is 27.7 Å². The summed E-state index contributed by atoms with van der Waals surface area (Å²) in [6, 6.07) is 6.37. The molecule has 206 valence electrons. The lowest BCUT2D eigenvalue weighted by molar-refractivity contribution is 0.0768. The number of hydrogen-bond acceptors (Lipinski definition) is 9. The van der Waals surface area contributed by atoms with E-state index in [-0.39, 0.29) is 18.3 Å². The smallest absolute Gasteiger partial charge is 0.274 e. The lowest BCUT2D eigenvalue weighted by Gasteiger charge is -2.32. The Morgan fingerprint density at radius 2 is 1.76 bits per heavy atom. The van der Waals surface area contributed by atoms with Crippen LogP contribution >= 0.6 is 11.3 Å². The number of aliphatic hydroxyl groups is 1. The van der Waals surface area contributed by atoms with E-state index in [4.69, 9.17) is 9.72 Å². The lowest BCUT2D eigenvalue weighted by atomic mass is 9.90. The van der Waals surface area contributed by atoms with Crippen molar-refractivity contribution in [3.8, 4) is 5.19 Å². The first-order valence-electron chi connectivity index (χ1n) is 13.4. The molecule has 2 aromatic heterocycles. The van der Waals surface area contributed by atoms with E-state index >= 15 is 0 Å². The maximum absolute atomic E-state index is 12.7. The van der Waals surface area contributed by atoms with Gasteiger partial charge < -0.3 is 14.7 Å².